The molecule has 122 valence electrons. The van der Waals surface area contributed by atoms with E-state index in [2.05, 4.69) is 25.5 Å². The summed E-state index contributed by atoms with van der Waals surface area (Å²) in [5.41, 5.74) is 2.45. The van der Waals surface area contributed by atoms with E-state index < -0.39 is 0 Å². The van der Waals surface area contributed by atoms with Gasteiger partial charge < -0.3 is 15.5 Å². The van der Waals surface area contributed by atoms with Crippen LogP contribution < -0.4 is 10.6 Å². The number of nitrogens with one attached hydrogen (secondary N) is 2. The van der Waals surface area contributed by atoms with Gasteiger partial charge in [-0.1, -0.05) is 12.1 Å². The first kappa shape index (κ1) is 16.9. The lowest BCUT2D eigenvalue weighted by molar-refractivity contribution is 0.0947. The molecule has 0 atom stereocenters. The number of aromatic nitrogens is 2. The van der Waals surface area contributed by atoms with Crippen molar-refractivity contribution >= 4 is 17.4 Å². The largest absolute Gasteiger partial charge is 0.351 e. The van der Waals surface area contributed by atoms with Crippen molar-refractivity contribution in [1.82, 2.24) is 20.2 Å². The van der Waals surface area contributed by atoms with Gasteiger partial charge >= 0.3 is 0 Å². The van der Waals surface area contributed by atoms with E-state index in [9.17, 15) is 4.79 Å². The van der Waals surface area contributed by atoms with Crippen molar-refractivity contribution < 1.29 is 4.79 Å². The number of hydrogen-bond donors (Lipinski definition) is 2. The Labute approximate surface area is 137 Å². The molecule has 0 unspecified atom stereocenters. The highest BCUT2D eigenvalue weighted by Crippen LogP contribution is 2.15. The van der Waals surface area contributed by atoms with Gasteiger partial charge in [0.25, 0.3) is 5.91 Å². The van der Waals surface area contributed by atoms with Crippen molar-refractivity contribution in [2.75, 3.05) is 32.5 Å². The molecule has 1 aromatic heterocycles. The molecule has 1 amide bonds. The summed E-state index contributed by atoms with van der Waals surface area (Å²) in [5.74, 6) is 0.419. The molecule has 0 radical (unpaired) electrons. The van der Waals surface area contributed by atoms with Crippen molar-refractivity contribution in [2.24, 2.45) is 0 Å². The third-order valence-corrected chi connectivity index (χ3v) is 3.26. The zero-order chi connectivity index (χ0) is 16.7. The van der Waals surface area contributed by atoms with Crippen LogP contribution in [0.5, 0.6) is 0 Å². The molecule has 6 nitrogen and oxygen atoms in total. The predicted octanol–water partition coefficient (Wildman–Crippen LogP) is 2.21. The first-order chi connectivity index (χ1) is 11.0. The van der Waals surface area contributed by atoms with E-state index in [1.54, 1.807) is 6.07 Å². The Hall–Kier alpha value is -2.47. The second kappa shape index (κ2) is 8.24. The van der Waals surface area contributed by atoms with Crippen LogP contribution >= 0.6 is 0 Å². The van der Waals surface area contributed by atoms with Gasteiger partial charge in [0.2, 0.25) is 0 Å². The van der Waals surface area contributed by atoms with E-state index in [0.29, 0.717) is 18.1 Å². The average Bonchev–Trinajstić information content (AvgIpc) is 2.51. The molecule has 23 heavy (non-hydrogen) atoms. The number of aryl methyl sites for hydroxylation is 1. The highest BCUT2D eigenvalue weighted by atomic mass is 16.1. The van der Waals surface area contributed by atoms with Gasteiger partial charge in [0.05, 0.1) is 0 Å². The summed E-state index contributed by atoms with van der Waals surface area (Å²) in [6.07, 6.45) is 2.30. The summed E-state index contributed by atoms with van der Waals surface area (Å²) in [6, 6.07) is 9.62. The average molecular weight is 313 g/mol. The number of benzene rings is 1. The van der Waals surface area contributed by atoms with Gasteiger partial charge in [-0.25, -0.2) is 9.97 Å². The summed E-state index contributed by atoms with van der Waals surface area (Å²) in [7, 11) is 4.02. The fourth-order valence-electron chi connectivity index (χ4n) is 2.11. The maximum absolute atomic E-state index is 12.1. The number of carbonyl (C=O) groups excluding carboxylic acids is 1. The number of hydrogen-bond acceptors (Lipinski definition) is 5. The summed E-state index contributed by atoms with van der Waals surface area (Å²) in [4.78, 5) is 22.4. The summed E-state index contributed by atoms with van der Waals surface area (Å²) < 4.78 is 0. The molecule has 2 rings (SSSR count). The molecule has 2 N–H and O–H groups in total. The molecule has 1 aromatic carbocycles. The molecule has 2 aromatic rings. The second-order valence-corrected chi connectivity index (χ2v) is 5.70. The Morgan fingerprint density at radius 1 is 1.22 bits per heavy atom. The van der Waals surface area contributed by atoms with Gasteiger partial charge in [0, 0.05) is 18.3 Å². The lowest BCUT2D eigenvalue weighted by Crippen LogP contribution is -2.27. The normalized spacial score (nSPS) is 10.6. The zero-order valence-corrected chi connectivity index (χ0v) is 13.8. The third-order valence-electron chi connectivity index (χ3n) is 3.26. The van der Waals surface area contributed by atoms with E-state index >= 15 is 0 Å². The molecule has 6 heteroatoms. The molecular formula is C17H23N5O. The van der Waals surface area contributed by atoms with Gasteiger partial charge in [0.1, 0.15) is 17.8 Å². The van der Waals surface area contributed by atoms with Crippen molar-refractivity contribution in [3.63, 3.8) is 0 Å². The predicted molar refractivity (Wildman–Crippen MR) is 92.0 cm³/mol. The fraction of sp³-hybridized carbons (Fsp3) is 0.353. The summed E-state index contributed by atoms with van der Waals surface area (Å²) >= 11 is 0. The topological polar surface area (TPSA) is 70.2 Å². The lowest BCUT2D eigenvalue weighted by Gasteiger charge is -2.10. The van der Waals surface area contributed by atoms with Crippen LogP contribution in [0.2, 0.25) is 0 Å². The molecular weight excluding hydrogens is 290 g/mol. The van der Waals surface area contributed by atoms with Crippen molar-refractivity contribution in [2.45, 2.75) is 13.3 Å². The Kier molecular flexibility index (Phi) is 6.05. The van der Waals surface area contributed by atoms with Crippen molar-refractivity contribution in [3.8, 4) is 0 Å². The van der Waals surface area contributed by atoms with E-state index in [1.807, 2.05) is 45.3 Å². The van der Waals surface area contributed by atoms with Gasteiger partial charge in [-0.05, 0) is 51.7 Å². The van der Waals surface area contributed by atoms with Crippen LogP contribution in [0.4, 0.5) is 11.5 Å². The number of anilines is 2. The fourth-order valence-corrected chi connectivity index (χ4v) is 2.11. The maximum Gasteiger partial charge on any atom is 0.270 e. The number of amides is 1. The van der Waals surface area contributed by atoms with Crippen LogP contribution in [0.15, 0.2) is 36.7 Å². The molecule has 0 aliphatic carbocycles. The highest BCUT2D eigenvalue weighted by Gasteiger charge is 2.08. The van der Waals surface area contributed by atoms with Crippen LogP contribution in [-0.2, 0) is 0 Å². The molecule has 0 fully saturated rings. The minimum Gasteiger partial charge on any atom is -0.351 e. The van der Waals surface area contributed by atoms with Gasteiger partial charge in [0.15, 0.2) is 0 Å². The molecule has 0 spiro atoms. The minimum atomic E-state index is -0.182. The first-order valence-corrected chi connectivity index (χ1v) is 7.63. The highest BCUT2D eigenvalue weighted by molar-refractivity contribution is 5.92. The Morgan fingerprint density at radius 2 is 2.04 bits per heavy atom. The van der Waals surface area contributed by atoms with E-state index in [4.69, 9.17) is 0 Å². The second-order valence-electron chi connectivity index (χ2n) is 5.70. The van der Waals surface area contributed by atoms with Crippen LogP contribution in [0, 0.1) is 6.92 Å². The van der Waals surface area contributed by atoms with E-state index in [1.165, 1.54) is 6.33 Å². The van der Waals surface area contributed by atoms with E-state index in [0.717, 1.165) is 24.2 Å². The van der Waals surface area contributed by atoms with E-state index in [-0.39, 0.29) is 5.91 Å². The molecule has 0 saturated heterocycles. The third kappa shape index (κ3) is 5.67. The monoisotopic (exact) mass is 313 g/mol. The smallest absolute Gasteiger partial charge is 0.270 e. The number of nitrogens with zero attached hydrogens (tertiary/aromatic N) is 3. The van der Waals surface area contributed by atoms with Crippen LogP contribution in [0.25, 0.3) is 0 Å². The summed E-state index contributed by atoms with van der Waals surface area (Å²) in [5, 5.41) is 6.06. The molecule has 0 aliphatic rings. The van der Waals surface area contributed by atoms with Crippen LogP contribution in [-0.4, -0.2) is 48.0 Å². The minimum absolute atomic E-state index is 0.182. The summed E-state index contributed by atoms with van der Waals surface area (Å²) in [6.45, 7) is 3.59. The van der Waals surface area contributed by atoms with Gasteiger partial charge in [-0.2, -0.15) is 0 Å². The molecule has 0 bridgehead atoms. The van der Waals surface area contributed by atoms with Gasteiger partial charge in [-0.15, -0.1) is 0 Å². The maximum atomic E-state index is 12.1. The standard InChI is InChI=1S/C17H23N5O/c1-13-6-4-7-14(10-13)21-16-11-15(19-12-20-16)17(23)18-8-5-9-22(2)3/h4,6-7,10-12H,5,8-9H2,1-3H3,(H,18,23)(H,19,20,21). The Bertz CT molecular complexity index is 657. The molecule has 0 saturated carbocycles. The molecule has 0 aliphatic heterocycles. The SMILES string of the molecule is Cc1cccc(Nc2cc(C(=O)NCCCN(C)C)ncn2)c1. The number of rotatable bonds is 7. The Balaban J connectivity index is 1.95. The lowest BCUT2D eigenvalue weighted by atomic mass is 10.2. The Morgan fingerprint density at radius 3 is 2.78 bits per heavy atom. The zero-order valence-electron chi connectivity index (χ0n) is 13.8. The van der Waals surface area contributed by atoms with Gasteiger partial charge in [-0.3, -0.25) is 4.79 Å². The number of carbonyl (C=O) groups is 1. The first-order valence-electron chi connectivity index (χ1n) is 7.63. The van der Waals surface area contributed by atoms with Crippen molar-refractivity contribution in [3.05, 3.63) is 47.9 Å². The molecule has 1 heterocycles. The quantitative estimate of drug-likeness (QED) is 0.767. The van der Waals surface area contributed by atoms with Crippen molar-refractivity contribution in [1.29, 1.82) is 0 Å². The van der Waals surface area contributed by atoms with Crippen LogP contribution in [0.1, 0.15) is 22.5 Å². The van der Waals surface area contributed by atoms with Crippen LogP contribution in [0.3, 0.4) is 0 Å².